The number of quaternary nitrogens is 1. The topological polar surface area (TPSA) is 59.6 Å². The molecule has 2 aromatic rings. The average Bonchev–Trinajstić information content (AvgIpc) is 2.68. The Hall–Kier alpha value is -1.86. The lowest BCUT2D eigenvalue weighted by molar-refractivity contribution is -0.858. The first-order chi connectivity index (χ1) is 13.5. The molecule has 0 radical (unpaired) electrons. The summed E-state index contributed by atoms with van der Waals surface area (Å²) in [6.07, 6.45) is 4.24. The molecule has 0 aliphatic carbocycles. The number of para-hydroxylation sites is 1. The van der Waals surface area contributed by atoms with Gasteiger partial charge in [-0.15, -0.1) is 0 Å². The van der Waals surface area contributed by atoms with Gasteiger partial charge in [-0.05, 0) is 38.3 Å². The van der Waals surface area contributed by atoms with Crippen LogP contribution in [0.15, 0.2) is 34.2 Å². The summed E-state index contributed by atoms with van der Waals surface area (Å²) in [4.78, 5) is 33.8. The highest BCUT2D eigenvalue weighted by molar-refractivity contribution is 7.99. The fraction of sp³-hybridized carbons (Fsp3) is 0.571. The summed E-state index contributed by atoms with van der Waals surface area (Å²) in [5.74, 6) is 0.470. The largest absolute Gasteiger partial charge is 0.340 e. The second-order valence-corrected chi connectivity index (χ2v) is 8.84. The molecule has 6 nitrogen and oxygen atoms in total. The number of fused-ring (bicyclic) bond motifs is 1. The van der Waals surface area contributed by atoms with Crippen LogP contribution in [0.5, 0.6) is 0 Å². The zero-order valence-corrected chi connectivity index (χ0v) is 17.9. The predicted octanol–water partition coefficient (Wildman–Crippen LogP) is 1.42. The van der Waals surface area contributed by atoms with Gasteiger partial charge in [-0.3, -0.25) is 14.2 Å². The van der Waals surface area contributed by atoms with Crippen LogP contribution in [-0.2, 0) is 11.3 Å². The Balaban J connectivity index is 1.81. The van der Waals surface area contributed by atoms with Crippen LogP contribution in [0.3, 0.4) is 0 Å². The molecule has 2 heterocycles. The van der Waals surface area contributed by atoms with Gasteiger partial charge in [0.05, 0.1) is 37.3 Å². The Kier molecular flexibility index (Phi) is 7.13. The Morgan fingerprint density at radius 2 is 2.07 bits per heavy atom. The van der Waals surface area contributed by atoms with Crippen molar-refractivity contribution in [2.24, 2.45) is 0 Å². The van der Waals surface area contributed by atoms with Gasteiger partial charge in [0.1, 0.15) is 0 Å². The number of nitrogens with zero attached hydrogens (tertiary/aromatic N) is 3. The number of carbonyl (C=O) groups is 1. The highest BCUT2D eigenvalue weighted by Crippen LogP contribution is 2.21. The summed E-state index contributed by atoms with van der Waals surface area (Å²) in [6, 6.07) is 7.76. The van der Waals surface area contributed by atoms with Crippen LogP contribution >= 0.6 is 11.8 Å². The van der Waals surface area contributed by atoms with Crippen molar-refractivity contribution in [2.75, 3.05) is 32.9 Å². The van der Waals surface area contributed by atoms with Gasteiger partial charge in [0.2, 0.25) is 5.91 Å². The molecule has 1 aromatic heterocycles. The van der Waals surface area contributed by atoms with Crippen molar-refractivity contribution in [1.82, 2.24) is 14.5 Å². The number of amides is 1. The normalized spacial score (nSPS) is 17.4. The van der Waals surface area contributed by atoms with Gasteiger partial charge in [-0.2, -0.15) is 0 Å². The molecule has 1 N–H and O–H groups in total. The molecule has 1 fully saturated rings. The van der Waals surface area contributed by atoms with E-state index in [1.807, 2.05) is 29.2 Å². The SMILES string of the molecule is C[C@@H]1CCCCN1C(=O)CSc1nc2ccccc2c(=O)n1CCC[NH+](C)C. The lowest BCUT2D eigenvalue weighted by atomic mass is 10.0. The second-order valence-electron chi connectivity index (χ2n) is 7.90. The number of thioether (sulfide) groups is 1. The summed E-state index contributed by atoms with van der Waals surface area (Å²) in [5, 5.41) is 1.29. The lowest BCUT2D eigenvalue weighted by Gasteiger charge is -2.33. The van der Waals surface area contributed by atoms with E-state index in [4.69, 9.17) is 4.98 Å². The van der Waals surface area contributed by atoms with Gasteiger partial charge in [0.15, 0.2) is 5.16 Å². The molecule has 3 rings (SSSR count). The maximum atomic E-state index is 13.0. The zero-order valence-electron chi connectivity index (χ0n) is 17.1. The van der Waals surface area contributed by atoms with Crippen molar-refractivity contribution in [2.45, 2.75) is 50.4 Å². The van der Waals surface area contributed by atoms with Crippen LogP contribution in [0.1, 0.15) is 32.6 Å². The molecule has 1 atom stereocenters. The second kappa shape index (κ2) is 9.56. The highest BCUT2D eigenvalue weighted by atomic mass is 32.2. The summed E-state index contributed by atoms with van der Waals surface area (Å²) in [7, 11) is 4.21. The maximum Gasteiger partial charge on any atom is 0.262 e. The van der Waals surface area contributed by atoms with Gasteiger partial charge in [0.25, 0.3) is 5.56 Å². The Bertz CT molecular complexity index is 880. The number of hydrogen-bond donors (Lipinski definition) is 1. The quantitative estimate of drug-likeness (QED) is 0.561. The first kappa shape index (κ1) is 20.9. The Morgan fingerprint density at radius 1 is 1.29 bits per heavy atom. The van der Waals surface area contributed by atoms with Crippen LogP contribution < -0.4 is 10.5 Å². The van der Waals surface area contributed by atoms with E-state index in [2.05, 4.69) is 21.0 Å². The van der Waals surface area contributed by atoms with E-state index in [1.54, 1.807) is 4.57 Å². The van der Waals surface area contributed by atoms with E-state index >= 15 is 0 Å². The van der Waals surface area contributed by atoms with Gasteiger partial charge >= 0.3 is 0 Å². The van der Waals surface area contributed by atoms with Gasteiger partial charge < -0.3 is 9.80 Å². The molecule has 0 saturated carbocycles. The molecular weight excluding hydrogens is 372 g/mol. The fourth-order valence-electron chi connectivity index (χ4n) is 3.72. The minimum Gasteiger partial charge on any atom is -0.340 e. The molecule has 0 bridgehead atoms. The highest BCUT2D eigenvalue weighted by Gasteiger charge is 2.23. The molecule has 0 spiro atoms. The molecule has 1 amide bonds. The number of carbonyl (C=O) groups excluding carboxylic acids is 1. The summed E-state index contributed by atoms with van der Waals surface area (Å²) >= 11 is 1.39. The molecule has 1 aliphatic heterocycles. The predicted molar refractivity (Wildman–Crippen MR) is 114 cm³/mol. The lowest BCUT2D eigenvalue weighted by Crippen LogP contribution is -3.05. The monoisotopic (exact) mass is 403 g/mol. The van der Waals surface area contributed by atoms with E-state index in [9.17, 15) is 9.59 Å². The van der Waals surface area contributed by atoms with E-state index in [-0.39, 0.29) is 11.5 Å². The molecule has 28 heavy (non-hydrogen) atoms. The molecule has 1 saturated heterocycles. The van der Waals surface area contributed by atoms with E-state index in [1.165, 1.54) is 23.1 Å². The summed E-state index contributed by atoms with van der Waals surface area (Å²) in [5.41, 5.74) is 0.684. The number of piperidine rings is 1. The van der Waals surface area contributed by atoms with E-state index in [0.717, 1.165) is 32.4 Å². The zero-order chi connectivity index (χ0) is 20.1. The molecule has 7 heteroatoms. The molecule has 152 valence electrons. The van der Waals surface area contributed by atoms with Crippen molar-refractivity contribution in [3.8, 4) is 0 Å². The smallest absolute Gasteiger partial charge is 0.262 e. The fourth-order valence-corrected chi connectivity index (χ4v) is 4.63. The minimum atomic E-state index is -0.0133. The number of benzene rings is 1. The summed E-state index contributed by atoms with van der Waals surface area (Å²) in [6.45, 7) is 4.56. The molecular formula is C21H31N4O2S+. The van der Waals surface area contributed by atoms with Crippen molar-refractivity contribution in [1.29, 1.82) is 0 Å². The van der Waals surface area contributed by atoms with Crippen LogP contribution in [0, 0.1) is 0 Å². The molecule has 1 aliphatic rings. The van der Waals surface area contributed by atoms with Crippen LogP contribution in [0.2, 0.25) is 0 Å². The van der Waals surface area contributed by atoms with Crippen LogP contribution in [0.25, 0.3) is 10.9 Å². The maximum absolute atomic E-state index is 13.0. The number of rotatable bonds is 7. The van der Waals surface area contributed by atoms with Crippen molar-refractivity contribution in [3.63, 3.8) is 0 Å². The van der Waals surface area contributed by atoms with Crippen LogP contribution in [0.4, 0.5) is 0 Å². The number of aromatic nitrogens is 2. The first-order valence-corrected chi connectivity index (χ1v) is 11.2. The van der Waals surface area contributed by atoms with Gasteiger partial charge in [0, 0.05) is 25.6 Å². The third-order valence-electron chi connectivity index (χ3n) is 5.33. The molecule has 0 unspecified atom stereocenters. The number of likely N-dealkylation sites (tertiary alicyclic amines) is 1. The third-order valence-corrected chi connectivity index (χ3v) is 6.29. The van der Waals surface area contributed by atoms with E-state index in [0.29, 0.717) is 34.4 Å². The third kappa shape index (κ3) is 4.94. The summed E-state index contributed by atoms with van der Waals surface area (Å²) < 4.78 is 1.75. The average molecular weight is 404 g/mol. The van der Waals surface area contributed by atoms with Gasteiger partial charge in [-0.1, -0.05) is 23.9 Å². The van der Waals surface area contributed by atoms with Crippen molar-refractivity contribution in [3.05, 3.63) is 34.6 Å². The van der Waals surface area contributed by atoms with Crippen molar-refractivity contribution >= 4 is 28.6 Å². The van der Waals surface area contributed by atoms with Crippen LogP contribution in [-0.4, -0.2) is 59.3 Å². The van der Waals surface area contributed by atoms with Gasteiger partial charge in [-0.25, -0.2) is 4.98 Å². The standard InChI is InChI=1S/C21H30N4O2S/c1-16-9-6-7-13-24(16)19(26)15-28-21-22-18-11-5-4-10-17(18)20(27)25(21)14-8-12-23(2)3/h4-5,10-11,16H,6-9,12-15H2,1-3H3/p+1/t16-/m1/s1. The Labute approximate surface area is 170 Å². The Morgan fingerprint density at radius 3 is 2.82 bits per heavy atom. The minimum absolute atomic E-state index is 0.0133. The molecule has 1 aromatic carbocycles. The van der Waals surface area contributed by atoms with E-state index < -0.39 is 0 Å². The first-order valence-electron chi connectivity index (χ1n) is 10.2. The number of nitrogens with one attached hydrogen (secondary N) is 1. The number of hydrogen-bond acceptors (Lipinski definition) is 4. The van der Waals surface area contributed by atoms with Crippen molar-refractivity contribution < 1.29 is 9.69 Å².